The third-order valence-electron chi connectivity index (χ3n) is 2.58. The number of carbonyl (C=O) groups is 2. The molecule has 2 aliphatic rings. The molecule has 72 valence electrons. The van der Waals surface area contributed by atoms with Crippen LogP contribution in [0.15, 0.2) is 0 Å². The Bertz CT molecular complexity index is 246. The first-order chi connectivity index (χ1) is 6.24. The van der Waals surface area contributed by atoms with Crippen LogP contribution in [0.2, 0.25) is 0 Å². The minimum Gasteiger partial charge on any atom is -0.320 e. The summed E-state index contributed by atoms with van der Waals surface area (Å²) in [7, 11) is 0. The molecular weight excluding hydrogens is 188 g/mol. The molecule has 13 heavy (non-hydrogen) atoms. The van der Waals surface area contributed by atoms with Gasteiger partial charge in [0.2, 0.25) is 5.91 Å². The van der Waals surface area contributed by atoms with E-state index in [1.54, 1.807) is 16.7 Å². The lowest BCUT2D eigenvalue weighted by atomic mass is 10.0. The second kappa shape index (κ2) is 3.31. The predicted molar refractivity (Wildman–Crippen MR) is 50.2 cm³/mol. The Balaban J connectivity index is 2.19. The zero-order chi connectivity index (χ0) is 9.42. The van der Waals surface area contributed by atoms with Crippen LogP contribution in [0.5, 0.6) is 0 Å². The van der Waals surface area contributed by atoms with E-state index >= 15 is 0 Å². The highest BCUT2D eigenvalue weighted by molar-refractivity contribution is 8.00. The first-order valence-electron chi connectivity index (χ1n) is 4.38. The first-order valence-corrected chi connectivity index (χ1v) is 5.43. The summed E-state index contributed by atoms with van der Waals surface area (Å²) in [5.74, 6) is 0.672. The fourth-order valence-corrected chi connectivity index (χ4v) is 3.24. The van der Waals surface area contributed by atoms with E-state index in [-0.39, 0.29) is 17.3 Å². The number of rotatable bonds is 1. The molecule has 0 saturated carbocycles. The third-order valence-corrected chi connectivity index (χ3v) is 3.96. The van der Waals surface area contributed by atoms with Crippen LogP contribution in [0, 0.1) is 0 Å². The number of piperidine rings is 1. The Morgan fingerprint density at radius 1 is 1.54 bits per heavy atom. The van der Waals surface area contributed by atoms with Gasteiger partial charge in [-0.05, 0) is 12.8 Å². The number of thioether (sulfide) groups is 1. The van der Waals surface area contributed by atoms with E-state index < -0.39 is 6.04 Å². The average Bonchev–Trinajstić information content (AvgIpc) is 2.55. The fourth-order valence-electron chi connectivity index (χ4n) is 1.85. The summed E-state index contributed by atoms with van der Waals surface area (Å²) >= 11 is 1.68. The quantitative estimate of drug-likeness (QED) is 0.584. The molecule has 2 N–H and O–H groups in total. The van der Waals surface area contributed by atoms with Gasteiger partial charge in [-0.25, -0.2) is 0 Å². The van der Waals surface area contributed by atoms with E-state index in [9.17, 15) is 9.59 Å². The zero-order valence-corrected chi connectivity index (χ0v) is 8.00. The van der Waals surface area contributed by atoms with E-state index in [0.717, 1.165) is 24.9 Å². The van der Waals surface area contributed by atoms with Crippen LogP contribution >= 0.6 is 11.8 Å². The number of amides is 1. The number of hydrogen-bond acceptors (Lipinski definition) is 4. The van der Waals surface area contributed by atoms with E-state index in [1.807, 2.05) is 0 Å². The number of nitrogens with two attached hydrogens (primary N) is 1. The standard InChI is InChI=1S/C8H12N2O2S/c9-6-1-2-7-10(8(6)12)5(3-11)4-13-7/h3,5-7H,1-2,4,9H2/t5-,6+,7+/m1/s1. The van der Waals surface area contributed by atoms with Crippen LogP contribution in [0.25, 0.3) is 0 Å². The number of hydrogen-bond donors (Lipinski definition) is 1. The zero-order valence-electron chi connectivity index (χ0n) is 7.18. The summed E-state index contributed by atoms with van der Waals surface area (Å²) in [6.45, 7) is 0. The Morgan fingerprint density at radius 2 is 2.31 bits per heavy atom. The van der Waals surface area contributed by atoms with Gasteiger partial charge in [0.05, 0.1) is 17.5 Å². The molecule has 0 aromatic rings. The largest absolute Gasteiger partial charge is 0.320 e. The molecule has 0 unspecified atom stereocenters. The smallest absolute Gasteiger partial charge is 0.241 e. The second-order valence-electron chi connectivity index (χ2n) is 3.42. The molecule has 4 nitrogen and oxygen atoms in total. The molecule has 0 aromatic carbocycles. The Morgan fingerprint density at radius 3 is 3.00 bits per heavy atom. The summed E-state index contributed by atoms with van der Waals surface area (Å²) < 4.78 is 0. The van der Waals surface area contributed by atoms with Gasteiger partial charge in [0.15, 0.2) is 0 Å². The van der Waals surface area contributed by atoms with Gasteiger partial charge in [-0.3, -0.25) is 4.79 Å². The van der Waals surface area contributed by atoms with Crippen LogP contribution in [-0.2, 0) is 9.59 Å². The molecule has 2 fully saturated rings. The van der Waals surface area contributed by atoms with Crippen LogP contribution in [-0.4, -0.2) is 40.3 Å². The summed E-state index contributed by atoms with van der Waals surface area (Å²) in [4.78, 5) is 23.9. The van der Waals surface area contributed by atoms with Crippen molar-refractivity contribution >= 4 is 24.0 Å². The maximum Gasteiger partial charge on any atom is 0.241 e. The van der Waals surface area contributed by atoms with Crippen molar-refractivity contribution in [1.29, 1.82) is 0 Å². The van der Waals surface area contributed by atoms with E-state index in [0.29, 0.717) is 0 Å². The molecule has 0 radical (unpaired) electrons. The van der Waals surface area contributed by atoms with Crippen molar-refractivity contribution in [2.75, 3.05) is 5.75 Å². The first kappa shape index (κ1) is 9.02. The van der Waals surface area contributed by atoms with E-state index in [2.05, 4.69) is 0 Å². The molecule has 5 heteroatoms. The van der Waals surface area contributed by atoms with Gasteiger partial charge in [-0.1, -0.05) is 0 Å². The van der Waals surface area contributed by atoms with Crippen LogP contribution in [0.3, 0.4) is 0 Å². The Kier molecular flexibility index (Phi) is 2.29. The molecule has 2 saturated heterocycles. The van der Waals surface area contributed by atoms with Gasteiger partial charge in [0.25, 0.3) is 0 Å². The van der Waals surface area contributed by atoms with Crippen LogP contribution in [0.1, 0.15) is 12.8 Å². The molecule has 0 bridgehead atoms. The average molecular weight is 200 g/mol. The summed E-state index contributed by atoms with van der Waals surface area (Å²) in [6, 6.07) is -0.633. The van der Waals surface area contributed by atoms with Gasteiger partial charge >= 0.3 is 0 Å². The SMILES string of the molecule is N[C@H]1CC[C@@H]2SC[C@@H](C=O)N2C1=O. The second-order valence-corrected chi connectivity index (χ2v) is 4.63. The summed E-state index contributed by atoms with van der Waals surface area (Å²) in [5.41, 5.74) is 5.63. The number of aldehydes is 1. The Hall–Kier alpha value is -0.550. The number of nitrogens with zero attached hydrogens (tertiary/aromatic N) is 1. The van der Waals surface area contributed by atoms with Crippen LogP contribution in [0.4, 0.5) is 0 Å². The normalized spacial score (nSPS) is 39.0. The highest BCUT2D eigenvalue weighted by atomic mass is 32.2. The van der Waals surface area contributed by atoms with Crippen molar-refractivity contribution < 1.29 is 9.59 Å². The highest BCUT2D eigenvalue weighted by Gasteiger charge is 2.42. The van der Waals surface area contributed by atoms with E-state index in [1.165, 1.54) is 0 Å². The molecule has 2 rings (SSSR count). The molecule has 1 amide bonds. The van der Waals surface area contributed by atoms with Gasteiger partial charge in [-0.15, -0.1) is 11.8 Å². The molecule has 0 aromatic heterocycles. The molecule has 3 atom stereocenters. The predicted octanol–water partition coefficient (Wildman–Crippen LogP) is -0.424. The lowest BCUT2D eigenvalue weighted by molar-refractivity contribution is -0.139. The lowest BCUT2D eigenvalue weighted by Crippen LogP contribution is -2.53. The van der Waals surface area contributed by atoms with Crippen molar-refractivity contribution in [1.82, 2.24) is 4.90 Å². The summed E-state index contributed by atoms with van der Waals surface area (Å²) in [5, 5.41) is 0.197. The lowest BCUT2D eigenvalue weighted by Gasteiger charge is -2.34. The van der Waals surface area contributed by atoms with Gasteiger partial charge in [0.1, 0.15) is 6.29 Å². The number of carbonyl (C=O) groups excluding carboxylic acids is 2. The van der Waals surface area contributed by atoms with E-state index in [4.69, 9.17) is 5.73 Å². The number of fused-ring (bicyclic) bond motifs is 1. The third kappa shape index (κ3) is 1.36. The topological polar surface area (TPSA) is 63.4 Å². The van der Waals surface area contributed by atoms with Crippen LogP contribution < -0.4 is 5.73 Å². The van der Waals surface area contributed by atoms with Crippen molar-refractivity contribution in [3.8, 4) is 0 Å². The fraction of sp³-hybridized carbons (Fsp3) is 0.750. The van der Waals surface area contributed by atoms with Crippen molar-refractivity contribution in [3.63, 3.8) is 0 Å². The van der Waals surface area contributed by atoms with Crippen molar-refractivity contribution in [3.05, 3.63) is 0 Å². The van der Waals surface area contributed by atoms with Crippen molar-refractivity contribution in [2.24, 2.45) is 5.73 Å². The highest BCUT2D eigenvalue weighted by Crippen LogP contribution is 2.35. The monoisotopic (exact) mass is 200 g/mol. The van der Waals surface area contributed by atoms with Crippen molar-refractivity contribution in [2.45, 2.75) is 30.3 Å². The molecule has 0 aliphatic carbocycles. The molecule has 2 heterocycles. The van der Waals surface area contributed by atoms with Gasteiger partial charge < -0.3 is 15.4 Å². The molecule has 2 aliphatic heterocycles. The Labute approximate surface area is 80.8 Å². The minimum atomic E-state index is -0.391. The minimum absolute atomic E-state index is 0.0571. The molecule has 0 spiro atoms. The maximum atomic E-state index is 11.6. The van der Waals surface area contributed by atoms with Gasteiger partial charge in [-0.2, -0.15) is 0 Å². The molecular formula is C8H12N2O2S. The summed E-state index contributed by atoms with van der Waals surface area (Å²) in [6.07, 6.45) is 2.52. The maximum absolute atomic E-state index is 11.6. The van der Waals surface area contributed by atoms with Gasteiger partial charge in [0, 0.05) is 5.75 Å².